The molecule has 2 aromatic rings. The molecule has 21 heavy (non-hydrogen) atoms. The summed E-state index contributed by atoms with van der Waals surface area (Å²) in [6.07, 6.45) is 4.50. The van der Waals surface area contributed by atoms with Crippen LogP contribution in [0.3, 0.4) is 0 Å². The molecule has 3 heterocycles. The Morgan fingerprint density at radius 2 is 2.24 bits per heavy atom. The van der Waals surface area contributed by atoms with Gasteiger partial charge in [0.25, 0.3) is 0 Å². The second-order valence-corrected chi connectivity index (χ2v) is 6.56. The summed E-state index contributed by atoms with van der Waals surface area (Å²) in [6, 6.07) is 8.79. The van der Waals surface area contributed by atoms with Crippen molar-refractivity contribution in [1.82, 2.24) is 9.88 Å². The summed E-state index contributed by atoms with van der Waals surface area (Å²) in [5.41, 5.74) is 3.95. The molecule has 110 valence electrons. The summed E-state index contributed by atoms with van der Waals surface area (Å²) in [5, 5.41) is 1.34. The molecule has 1 aromatic carbocycles. The van der Waals surface area contributed by atoms with E-state index in [4.69, 9.17) is 0 Å². The van der Waals surface area contributed by atoms with Crippen molar-refractivity contribution in [1.29, 1.82) is 0 Å². The number of piperidine rings is 1. The number of para-hydroxylation sites is 1. The largest absolute Gasteiger partial charge is 0.357 e. The van der Waals surface area contributed by atoms with Gasteiger partial charge in [-0.05, 0) is 30.4 Å². The smallest absolute Gasteiger partial charge is 0.125 e. The highest BCUT2D eigenvalue weighted by molar-refractivity contribution is 5.85. The van der Waals surface area contributed by atoms with Gasteiger partial charge in [0.2, 0.25) is 0 Å². The minimum absolute atomic E-state index is 0.135. The number of rotatable bonds is 2. The lowest BCUT2D eigenvalue weighted by Gasteiger charge is -2.45. The molecule has 0 radical (unpaired) electrons. The van der Waals surface area contributed by atoms with Gasteiger partial charge in [0.1, 0.15) is 6.29 Å². The summed E-state index contributed by atoms with van der Waals surface area (Å²) in [4.78, 5) is 17.8. The van der Waals surface area contributed by atoms with E-state index in [1.54, 1.807) is 0 Å². The minimum Gasteiger partial charge on any atom is -0.357 e. The van der Waals surface area contributed by atoms with Crippen LogP contribution in [-0.2, 0) is 11.2 Å². The van der Waals surface area contributed by atoms with Crippen LogP contribution in [0.1, 0.15) is 37.1 Å². The Bertz CT molecular complexity index is 675. The maximum Gasteiger partial charge on any atom is 0.125 e. The van der Waals surface area contributed by atoms with E-state index in [9.17, 15) is 4.79 Å². The Balaban J connectivity index is 1.81. The van der Waals surface area contributed by atoms with Crippen LogP contribution in [0, 0.1) is 11.8 Å². The average Bonchev–Trinajstić information content (AvgIpc) is 2.92. The van der Waals surface area contributed by atoms with Crippen LogP contribution >= 0.6 is 0 Å². The van der Waals surface area contributed by atoms with E-state index in [1.165, 1.54) is 34.9 Å². The van der Waals surface area contributed by atoms with Crippen molar-refractivity contribution in [2.75, 3.05) is 13.1 Å². The van der Waals surface area contributed by atoms with Crippen molar-refractivity contribution in [3.05, 3.63) is 35.5 Å². The zero-order valence-electron chi connectivity index (χ0n) is 12.5. The fourth-order valence-corrected chi connectivity index (χ4v) is 4.36. The number of carbonyl (C=O) groups excluding carboxylic acids is 1. The summed E-state index contributed by atoms with van der Waals surface area (Å²) < 4.78 is 0. The van der Waals surface area contributed by atoms with Gasteiger partial charge in [-0.2, -0.15) is 0 Å². The molecule has 1 fully saturated rings. The Hall–Kier alpha value is -1.61. The van der Waals surface area contributed by atoms with E-state index in [2.05, 4.69) is 41.1 Å². The van der Waals surface area contributed by atoms with Crippen LogP contribution < -0.4 is 0 Å². The number of H-pyrrole nitrogens is 1. The van der Waals surface area contributed by atoms with Crippen LogP contribution in [0.25, 0.3) is 10.9 Å². The molecule has 1 saturated heterocycles. The number of carbonyl (C=O) groups is 1. The molecule has 0 amide bonds. The minimum atomic E-state index is 0.135. The summed E-state index contributed by atoms with van der Waals surface area (Å²) >= 11 is 0. The normalized spacial score (nSPS) is 29.1. The SMILES string of the molecule is CC[C@@H]1C[C@@H](C=O)[C@@H]2c3[nH]c4ccccc4c3CCN2C1. The quantitative estimate of drug-likeness (QED) is 0.858. The Kier molecular flexibility index (Phi) is 3.11. The van der Waals surface area contributed by atoms with Crippen LogP contribution in [0.4, 0.5) is 0 Å². The molecule has 0 spiro atoms. The van der Waals surface area contributed by atoms with Crippen molar-refractivity contribution < 1.29 is 4.79 Å². The number of benzene rings is 1. The molecule has 4 rings (SSSR count). The molecular formula is C18H22N2O. The Labute approximate surface area is 125 Å². The summed E-state index contributed by atoms with van der Waals surface area (Å²) in [5.74, 6) is 0.804. The molecule has 3 nitrogen and oxygen atoms in total. The zero-order chi connectivity index (χ0) is 14.4. The number of aromatic nitrogens is 1. The van der Waals surface area contributed by atoms with E-state index in [0.29, 0.717) is 5.92 Å². The summed E-state index contributed by atoms with van der Waals surface area (Å²) in [7, 11) is 0. The van der Waals surface area contributed by atoms with Gasteiger partial charge in [-0.15, -0.1) is 0 Å². The van der Waals surface area contributed by atoms with Gasteiger partial charge >= 0.3 is 0 Å². The fraction of sp³-hybridized carbons (Fsp3) is 0.500. The van der Waals surface area contributed by atoms with Gasteiger partial charge in [-0.25, -0.2) is 0 Å². The molecule has 1 N–H and O–H groups in total. The molecule has 1 aromatic heterocycles. The van der Waals surface area contributed by atoms with Gasteiger partial charge < -0.3 is 9.78 Å². The number of nitrogens with zero attached hydrogens (tertiary/aromatic N) is 1. The third-order valence-corrected chi connectivity index (χ3v) is 5.44. The Morgan fingerprint density at radius 1 is 1.38 bits per heavy atom. The first kappa shape index (κ1) is 13.1. The molecule has 3 atom stereocenters. The van der Waals surface area contributed by atoms with E-state index in [0.717, 1.165) is 25.9 Å². The number of fused-ring (bicyclic) bond motifs is 5. The van der Waals surface area contributed by atoms with Gasteiger partial charge in [0.15, 0.2) is 0 Å². The Morgan fingerprint density at radius 3 is 3.05 bits per heavy atom. The molecule has 0 bridgehead atoms. The first-order chi connectivity index (χ1) is 10.3. The van der Waals surface area contributed by atoms with Crippen molar-refractivity contribution in [2.45, 2.75) is 32.2 Å². The predicted octanol–water partition coefficient (Wildman–Crippen LogP) is 3.31. The highest BCUT2D eigenvalue weighted by Crippen LogP contribution is 2.43. The topological polar surface area (TPSA) is 36.1 Å². The third kappa shape index (κ3) is 1.95. The van der Waals surface area contributed by atoms with E-state index in [1.807, 2.05) is 0 Å². The lowest BCUT2D eigenvalue weighted by Crippen LogP contribution is -2.47. The van der Waals surface area contributed by atoms with E-state index in [-0.39, 0.29) is 12.0 Å². The lowest BCUT2D eigenvalue weighted by molar-refractivity contribution is -0.116. The van der Waals surface area contributed by atoms with Gasteiger partial charge in [-0.3, -0.25) is 4.90 Å². The molecule has 2 aliphatic heterocycles. The average molecular weight is 282 g/mol. The third-order valence-electron chi connectivity index (χ3n) is 5.44. The van der Waals surface area contributed by atoms with Crippen molar-refractivity contribution in [3.63, 3.8) is 0 Å². The van der Waals surface area contributed by atoms with E-state index >= 15 is 0 Å². The molecular weight excluding hydrogens is 260 g/mol. The standard InChI is InChI=1S/C18H22N2O/c1-2-12-9-13(11-21)18-17-15(7-8-20(18)10-12)14-5-3-4-6-16(14)19-17/h3-6,11-13,18-19H,2,7-10H2,1H3/t12-,13+,18-/m1/s1. The maximum atomic E-state index is 11.7. The first-order valence-corrected chi connectivity index (χ1v) is 8.10. The monoisotopic (exact) mass is 282 g/mol. The van der Waals surface area contributed by atoms with Crippen molar-refractivity contribution in [2.24, 2.45) is 11.8 Å². The van der Waals surface area contributed by atoms with Crippen LogP contribution in [0.2, 0.25) is 0 Å². The molecule has 0 unspecified atom stereocenters. The number of aromatic amines is 1. The molecule has 2 aliphatic rings. The molecule has 0 aliphatic carbocycles. The van der Waals surface area contributed by atoms with Crippen LogP contribution in [0.15, 0.2) is 24.3 Å². The highest BCUT2D eigenvalue weighted by atomic mass is 16.1. The van der Waals surface area contributed by atoms with Gasteiger partial charge in [0, 0.05) is 35.6 Å². The van der Waals surface area contributed by atoms with Crippen molar-refractivity contribution in [3.8, 4) is 0 Å². The second-order valence-electron chi connectivity index (χ2n) is 6.56. The predicted molar refractivity (Wildman–Crippen MR) is 84.3 cm³/mol. The van der Waals surface area contributed by atoms with Crippen molar-refractivity contribution >= 4 is 17.2 Å². The number of hydrogen-bond donors (Lipinski definition) is 1. The first-order valence-electron chi connectivity index (χ1n) is 8.10. The van der Waals surface area contributed by atoms with E-state index < -0.39 is 0 Å². The van der Waals surface area contributed by atoms with Gasteiger partial charge in [0.05, 0.1) is 6.04 Å². The van der Waals surface area contributed by atoms with Gasteiger partial charge in [-0.1, -0.05) is 31.5 Å². The highest BCUT2D eigenvalue weighted by Gasteiger charge is 2.40. The lowest BCUT2D eigenvalue weighted by atomic mass is 9.78. The van der Waals surface area contributed by atoms with Crippen LogP contribution in [-0.4, -0.2) is 29.3 Å². The number of nitrogens with one attached hydrogen (secondary N) is 1. The molecule has 3 heteroatoms. The zero-order valence-corrected chi connectivity index (χ0v) is 12.5. The fourth-order valence-electron chi connectivity index (χ4n) is 4.36. The van der Waals surface area contributed by atoms with Crippen LogP contribution in [0.5, 0.6) is 0 Å². The number of hydrogen-bond acceptors (Lipinski definition) is 2. The number of aldehydes is 1. The second kappa shape index (κ2) is 4.99. The maximum absolute atomic E-state index is 11.7. The summed E-state index contributed by atoms with van der Waals surface area (Å²) in [6.45, 7) is 4.46. The molecule has 0 saturated carbocycles.